The molecular weight excluding hydrogens is 435 g/mol. The number of ether oxygens (including phenoxy) is 1. The molecule has 3 rings (SSSR count). The second-order valence-electron chi connectivity index (χ2n) is 5.90. The number of oxazole rings is 1. The van der Waals surface area contributed by atoms with E-state index in [1.165, 1.54) is 0 Å². The van der Waals surface area contributed by atoms with Crippen molar-refractivity contribution in [2.24, 2.45) is 12.0 Å². The first kappa shape index (κ1) is 19.7. The summed E-state index contributed by atoms with van der Waals surface area (Å²) in [6.07, 6.45) is 3.84. The molecule has 3 heterocycles. The first-order chi connectivity index (χ1) is 11.6. The van der Waals surface area contributed by atoms with E-state index < -0.39 is 0 Å². The van der Waals surface area contributed by atoms with Crippen LogP contribution < -0.4 is 5.32 Å². The van der Waals surface area contributed by atoms with Crippen molar-refractivity contribution >= 4 is 29.9 Å². The number of halogens is 1. The van der Waals surface area contributed by atoms with Gasteiger partial charge in [-0.2, -0.15) is 5.10 Å². The zero-order valence-electron chi connectivity index (χ0n) is 15.0. The quantitative estimate of drug-likeness (QED) is 0.428. The Morgan fingerprint density at radius 3 is 2.84 bits per heavy atom. The van der Waals surface area contributed by atoms with Gasteiger partial charge in [0.1, 0.15) is 11.9 Å². The summed E-state index contributed by atoms with van der Waals surface area (Å²) in [7, 11) is 3.69. The Hall–Kier alpha value is -1.62. The third-order valence-corrected chi connectivity index (χ3v) is 4.14. The molecule has 1 N–H and O–H groups in total. The van der Waals surface area contributed by atoms with E-state index >= 15 is 0 Å². The van der Waals surface area contributed by atoms with E-state index in [-0.39, 0.29) is 30.1 Å². The maximum atomic E-state index is 5.88. The number of aromatic nitrogens is 3. The van der Waals surface area contributed by atoms with Crippen molar-refractivity contribution in [3.63, 3.8) is 0 Å². The normalized spacial score (nSPS) is 18.2. The van der Waals surface area contributed by atoms with E-state index in [0.29, 0.717) is 19.0 Å². The summed E-state index contributed by atoms with van der Waals surface area (Å²) < 4.78 is 13.3. The number of aliphatic imine (C=N–C) groups is 1. The van der Waals surface area contributed by atoms with E-state index in [9.17, 15) is 0 Å². The Bertz CT molecular complexity index is 707. The lowest BCUT2D eigenvalue weighted by Gasteiger charge is -2.34. The summed E-state index contributed by atoms with van der Waals surface area (Å²) >= 11 is 0. The highest BCUT2D eigenvalue weighted by Gasteiger charge is 2.25. The molecule has 0 bridgehead atoms. The fraction of sp³-hybridized carbons (Fsp3) is 0.562. The largest absolute Gasteiger partial charge is 0.444 e. The predicted octanol–water partition coefficient (Wildman–Crippen LogP) is 1.79. The second kappa shape index (κ2) is 8.65. The van der Waals surface area contributed by atoms with Crippen molar-refractivity contribution in [3.8, 4) is 0 Å². The number of nitrogens with zero attached hydrogens (tertiary/aromatic N) is 5. The van der Waals surface area contributed by atoms with Gasteiger partial charge >= 0.3 is 0 Å². The van der Waals surface area contributed by atoms with Gasteiger partial charge in [0, 0.05) is 32.4 Å². The maximum Gasteiger partial charge on any atom is 0.214 e. The van der Waals surface area contributed by atoms with E-state index in [1.807, 2.05) is 33.3 Å². The Kier molecular flexibility index (Phi) is 6.82. The highest BCUT2D eigenvalue weighted by molar-refractivity contribution is 14.0. The molecule has 1 aliphatic rings. The van der Waals surface area contributed by atoms with Gasteiger partial charge in [0.25, 0.3) is 0 Å². The van der Waals surface area contributed by atoms with Gasteiger partial charge in [-0.05, 0) is 13.8 Å². The third-order valence-electron chi connectivity index (χ3n) is 4.14. The minimum atomic E-state index is -0.00257. The molecule has 2 aromatic heterocycles. The molecule has 1 unspecified atom stereocenters. The first-order valence-electron chi connectivity index (χ1n) is 8.05. The van der Waals surface area contributed by atoms with E-state index in [1.54, 1.807) is 11.7 Å². The van der Waals surface area contributed by atoms with Gasteiger partial charge in [-0.25, -0.2) is 4.98 Å². The van der Waals surface area contributed by atoms with Crippen molar-refractivity contribution in [3.05, 3.63) is 35.3 Å². The molecule has 1 fully saturated rings. The molecule has 0 aliphatic carbocycles. The van der Waals surface area contributed by atoms with Crippen LogP contribution in [0.1, 0.15) is 29.0 Å². The Labute approximate surface area is 164 Å². The molecule has 2 aromatic rings. The fourth-order valence-corrected chi connectivity index (χ4v) is 2.75. The molecule has 1 atom stereocenters. The molecule has 8 nitrogen and oxygen atoms in total. The monoisotopic (exact) mass is 460 g/mol. The molecule has 9 heteroatoms. The lowest BCUT2D eigenvalue weighted by molar-refractivity contribution is -0.00808. The lowest BCUT2D eigenvalue weighted by atomic mass is 10.1. The average Bonchev–Trinajstić information content (AvgIpc) is 3.14. The van der Waals surface area contributed by atoms with Gasteiger partial charge in [0.2, 0.25) is 5.89 Å². The number of rotatable bonds is 3. The number of hydrogen-bond acceptors (Lipinski definition) is 5. The molecule has 0 saturated carbocycles. The van der Waals surface area contributed by atoms with Crippen LogP contribution in [0.4, 0.5) is 0 Å². The van der Waals surface area contributed by atoms with E-state index in [2.05, 4.69) is 25.3 Å². The van der Waals surface area contributed by atoms with Crippen molar-refractivity contribution in [2.45, 2.75) is 26.5 Å². The van der Waals surface area contributed by atoms with Gasteiger partial charge in [0.05, 0.1) is 31.6 Å². The van der Waals surface area contributed by atoms with Gasteiger partial charge in [-0.3, -0.25) is 9.67 Å². The molecule has 138 valence electrons. The highest BCUT2D eigenvalue weighted by Crippen LogP contribution is 2.21. The van der Waals surface area contributed by atoms with Crippen molar-refractivity contribution in [1.82, 2.24) is 25.0 Å². The minimum Gasteiger partial charge on any atom is -0.444 e. The number of morpholine rings is 1. The average molecular weight is 460 g/mol. The molecule has 0 aromatic carbocycles. The molecular formula is C16H25IN6O2. The summed E-state index contributed by atoms with van der Waals surface area (Å²) in [5.74, 6) is 2.34. The predicted molar refractivity (Wildman–Crippen MR) is 105 cm³/mol. The van der Waals surface area contributed by atoms with Crippen LogP contribution in [0.3, 0.4) is 0 Å². The van der Waals surface area contributed by atoms with Gasteiger partial charge in [0.15, 0.2) is 5.96 Å². The SMILES string of the molecule is CN=C(NCc1nc(C)c(C)o1)N1CCOC(c2cnn(C)c2)C1.I. The summed E-state index contributed by atoms with van der Waals surface area (Å²) in [5, 5.41) is 7.54. The van der Waals surface area contributed by atoms with Crippen LogP contribution in [0.15, 0.2) is 21.8 Å². The fourth-order valence-electron chi connectivity index (χ4n) is 2.75. The minimum absolute atomic E-state index is 0. The summed E-state index contributed by atoms with van der Waals surface area (Å²) in [6.45, 7) is 6.54. The van der Waals surface area contributed by atoms with Gasteiger partial charge < -0.3 is 19.4 Å². The van der Waals surface area contributed by atoms with Crippen molar-refractivity contribution in [1.29, 1.82) is 0 Å². The zero-order chi connectivity index (χ0) is 17.1. The van der Waals surface area contributed by atoms with Crippen LogP contribution in [0.25, 0.3) is 0 Å². The van der Waals surface area contributed by atoms with Gasteiger partial charge in [-0.15, -0.1) is 24.0 Å². The highest BCUT2D eigenvalue weighted by atomic mass is 127. The summed E-state index contributed by atoms with van der Waals surface area (Å²) in [4.78, 5) is 10.9. The summed E-state index contributed by atoms with van der Waals surface area (Å²) in [5.41, 5.74) is 2.00. The molecule has 1 saturated heterocycles. The van der Waals surface area contributed by atoms with Crippen LogP contribution in [0.5, 0.6) is 0 Å². The van der Waals surface area contributed by atoms with Crippen LogP contribution in [-0.4, -0.2) is 52.4 Å². The van der Waals surface area contributed by atoms with Crippen molar-refractivity contribution < 1.29 is 9.15 Å². The maximum absolute atomic E-state index is 5.88. The molecule has 0 spiro atoms. The number of hydrogen-bond donors (Lipinski definition) is 1. The van der Waals surface area contributed by atoms with Crippen LogP contribution in [-0.2, 0) is 18.3 Å². The Morgan fingerprint density at radius 1 is 1.44 bits per heavy atom. The smallest absolute Gasteiger partial charge is 0.214 e. The number of guanidine groups is 1. The first-order valence-corrected chi connectivity index (χ1v) is 8.05. The third kappa shape index (κ3) is 4.72. The van der Waals surface area contributed by atoms with Crippen LogP contribution >= 0.6 is 24.0 Å². The second-order valence-corrected chi connectivity index (χ2v) is 5.90. The summed E-state index contributed by atoms with van der Waals surface area (Å²) in [6, 6.07) is 0. The van der Waals surface area contributed by atoms with E-state index in [0.717, 1.165) is 36.1 Å². The number of nitrogens with one attached hydrogen (secondary N) is 1. The standard InChI is InChI=1S/C16H24N6O2.HI/c1-11-12(2)24-15(20-11)8-18-16(17-3)22-5-6-23-14(10-22)13-7-19-21(4)9-13;/h7,9,14H,5-6,8,10H2,1-4H3,(H,17,18);1H. The lowest BCUT2D eigenvalue weighted by Crippen LogP contribution is -2.47. The molecule has 0 amide bonds. The van der Waals surface area contributed by atoms with Crippen molar-refractivity contribution in [2.75, 3.05) is 26.7 Å². The van der Waals surface area contributed by atoms with Gasteiger partial charge in [-0.1, -0.05) is 0 Å². The topological polar surface area (TPSA) is 80.7 Å². The number of aryl methyl sites for hydroxylation is 3. The Balaban J connectivity index is 0.00000225. The van der Waals surface area contributed by atoms with E-state index in [4.69, 9.17) is 9.15 Å². The van der Waals surface area contributed by atoms with Crippen LogP contribution in [0.2, 0.25) is 0 Å². The Morgan fingerprint density at radius 2 is 2.24 bits per heavy atom. The molecule has 1 aliphatic heterocycles. The van der Waals surface area contributed by atoms with Crippen LogP contribution in [0, 0.1) is 13.8 Å². The zero-order valence-corrected chi connectivity index (χ0v) is 17.4. The molecule has 25 heavy (non-hydrogen) atoms. The molecule has 0 radical (unpaired) electrons.